The van der Waals surface area contributed by atoms with Crippen molar-refractivity contribution in [2.45, 2.75) is 32.4 Å². The molecule has 0 aliphatic carbocycles. The van der Waals surface area contributed by atoms with Crippen molar-refractivity contribution in [3.8, 4) is 0 Å². The van der Waals surface area contributed by atoms with Gasteiger partial charge in [-0.2, -0.15) is 0 Å². The van der Waals surface area contributed by atoms with E-state index in [1.165, 1.54) is 21.1 Å². The quantitative estimate of drug-likeness (QED) is 0.646. The number of benzene rings is 1. The van der Waals surface area contributed by atoms with Gasteiger partial charge in [-0.25, -0.2) is 4.98 Å². The van der Waals surface area contributed by atoms with E-state index < -0.39 is 0 Å². The van der Waals surface area contributed by atoms with Crippen molar-refractivity contribution in [1.29, 1.82) is 0 Å². The predicted octanol–water partition coefficient (Wildman–Crippen LogP) is 4.06. The molecule has 1 saturated heterocycles. The lowest BCUT2D eigenvalue weighted by molar-refractivity contribution is 0.0371. The molecule has 1 aromatic heterocycles. The van der Waals surface area contributed by atoms with E-state index in [4.69, 9.17) is 9.72 Å². The summed E-state index contributed by atoms with van der Waals surface area (Å²) in [6, 6.07) is 0. The van der Waals surface area contributed by atoms with Crippen LogP contribution in [0, 0.1) is 6.92 Å². The number of aromatic nitrogens is 2. The first-order valence-corrected chi connectivity index (χ1v) is 9.68. The molecule has 1 atom stereocenters. The molecule has 2 aromatic rings. The van der Waals surface area contributed by atoms with Gasteiger partial charge >= 0.3 is 0 Å². The number of anilines is 1. The van der Waals surface area contributed by atoms with Crippen molar-refractivity contribution < 1.29 is 4.74 Å². The molecule has 0 saturated carbocycles. The van der Waals surface area contributed by atoms with Gasteiger partial charge in [-0.15, -0.1) is 24.8 Å². The monoisotopic (exact) mass is 514 g/mol. The van der Waals surface area contributed by atoms with E-state index in [0.29, 0.717) is 0 Å². The number of halogens is 4. The minimum Gasteiger partial charge on any atom is -0.374 e. The van der Waals surface area contributed by atoms with Gasteiger partial charge < -0.3 is 19.9 Å². The van der Waals surface area contributed by atoms with Crippen LogP contribution in [0.5, 0.6) is 0 Å². The van der Waals surface area contributed by atoms with Gasteiger partial charge in [0.25, 0.3) is 0 Å². The third-order valence-electron chi connectivity index (χ3n) is 4.70. The molecule has 1 fully saturated rings. The zero-order chi connectivity index (χ0) is 16.0. The number of morpholine rings is 1. The minimum atomic E-state index is 0. The Balaban J connectivity index is 0.00000113. The molecule has 1 aromatic carbocycles. The summed E-state index contributed by atoms with van der Waals surface area (Å²) in [5, 5.41) is 6.87. The summed E-state index contributed by atoms with van der Waals surface area (Å²) in [4.78, 5) is 4.90. The summed E-state index contributed by atoms with van der Waals surface area (Å²) in [5.74, 6) is 0.961. The Morgan fingerprint density at radius 1 is 1.32 bits per heavy atom. The van der Waals surface area contributed by atoms with E-state index >= 15 is 0 Å². The van der Waals surface area contributed by atoms with Crippen molar-refractivity contribution in [3.63, 3.8) is 0 Å². The molecule has 2 N–H and O–H groups in total. The maximum Gasteiger partial charge on any atom is 0.203 e. The maximum atomic E-state index is 5.77. The number of imidazole rings is 1. The van der Waals surface area contributed by atoms with Gasteiger partial charge in [0.1, 0.15) is 0 Å². The molecule has 2 aliphatic rings. The van der Waals surface area contributed by atoms with Gasteiger partial charge in [0.2, 0.25) is 5.95 Å². The minimum absolute atomic E-state index is 0. The molecule has 0 radical (unpaired) electrons. The molecule has 140 valence electrons. The molecule has 25 heavy (non-hydrogen) atoms. The number of hydrogen-bond acceptors (Lipinski definition) is 4. The SMILES string of the molecule is Cc1c(Br)c(Br)c2c3c1nc(NCC1CNCCO1)n3CCC2.Cl.Cl. The van der Waals surface area contributed by atoms with Gasteiger partial charge in [-0.3, -0.25) is 0 Å². The lowest BCUT2D eigenvalue weighted by Crippen LogP contribution is -2.42. The van der Waals surface area contributed by atoms with Crippen LogP contribution in [0.1, 0.15) is 17.5 Å². The highest BCUT2D eigenvalue weighted by atomic mass is 79.9. The summed E-state index contributed by atoms with van der Waals surface area (Å²) < 4.78 is 10.4. The Bertz CT molecular complexity index is 763. The van der Waals surface area contributed by atoms with Crippen molar-refractivity contribution in [3.05, 3.63) is 20.1 Å². The van der Waals surface area contributed by atoms with Gasteiger partial charge in [0, 0.05) is 35.1 Å². The van der Waals surface area contributed by atoms with Crippen molar-refractivity contribution in [2.24, 2.45) is 0 Å². The average Bonchev–Trinajstić information content (AvgIpc) is 2.97. The van der Waals surface area contributed by atoms with Crippen LogP contribution in [0.2, 0.25) is 0 Å². The molecular formula is C16H22Br2Cl2N4O. The molecule has 0 bridgehead atoms. The third-order valence-corrected chi connectivity index (χ3v) is 7.09. The zero-order valence-corrected chi connectivity index (χ0v) is 18.7. The maximum absolute atomic E-state index is 5.77. The predicted molar refractivity (Wildman–Crippen MR) is 114 cm³/mol. The van der Waals surface area contributed by atoms with E-state index in [0.717, 1.165) is 61.6 Å². The number of nitrogens with one attached hydrogen (secondary N) is 2. The van der Waals surface area contributed by atoms with Gasteiger partial charge in [0.15, 0.2) is 0 Å². The molecule has 5 nitrogen and oxygen atoms in total. The fourth-order valence-corrected chi connectivity index (χ4v) is 4.59. The van der Waals surface area contributed by atoms with Crippen LogP contribution in [-0.4, -0.2) is 41.9 Å². The first kappa shape index (κ1) is 21.3. The van der Waals surface area contributed by atoms with Crippen molar-refractivity contribution in [1.82, 2.24) is 14.9 Å². The van der Waals surface area contributed by atoms with E-state index in [1.54, 1.807) is 0 Å². The lowest BCUT2D eigenvalue weighted by atomic mass is 10.0. The Hall–Kier alpha value is -0.0500. The van der Waals surface area contributed by atoms with Crippen molar-refractivity contribution >= 4 is 73.7 Å². The largest absolute Gasteiger partial charge is 0.374 e. The summed E-state index contributed by atoms with van der Waals surface area (Å²) in [5.41, 5.74) is 4.92. The number of ether oxygens (including phenoxy) is 1. The van der Waals surface area contributed by atoms with Gasteiger partial charge in [-0.05, 0) is 62.8 Å². The number of aryl methyl sites for hydroxylation is 3. The van der Waals surface area contributed by atoms with E-state index in [-0.39, 0.29) is 30.9 Å². The normalized spacial score (nSPS) is 19.2. The van der Waals surface area contributed by atoms with Crippen LogP contribution in [0.15, 0.2) is 8.95 Å². The van der Waals surface area contributed by atoms with Crippen LogP contribution >= 0.6 is 56.7 Å². The van der Waals surface area contributed by atoms with Crippen LogP contribution in [0.25, 0.3) is 11.0 Å². The Labute approximate surface area is 176 Å². The Kier molecular flexibility index (Phi) is 7.45. The number of rotatable bonds is 3. The second kappa shape index (κ2) is 8.76. The van der Waals surface area contributed by atoms with E-state index in [9.17, 15) is 0 Å². The van der Waals surface area contributed by atoms with Crippen LogP contribution in [0.3, 0.4) is 0 Å². The Morgan fingerprint density at radius 2 is 2.12 bits per heavy atom. The fraction of sp³-hybridized carbons (Fsp3) is 0.562. The third kappa shape index (κ3) is 3.82. The summed E-state index contributed by atoms with van der Waals surface area (Å²) in [6.07, 6.45) is 2.44. The highest BCUT2D eigenvalue weighted by Gasteiger charge is 2.24. The molecule has 3 heterocycles. The summed E-state index contributed by atoms with van der Waals surface area (Å²) in [7, 11) is 0. The van der Waals surface area contributed by atoms with Crippen LogP contribution in [-0.2, 0) is 17.7 Å². The standard InChI is InChI=1S/C16H20Br2N4O.2ClH/c1-9-12(17)13(18)11-3-2-5-22-15(11)14(9)21-16(22)20-8-10-7-19-4-6-23-10;;/h10,19H,2-8H2,1H3,(H,20,21);2*1H. The molecule has 0 spiro atoms. The van der Waals surface area contributed by atoms with Crippen LogP contribution < -0.4 is 10.6 Å². The first-order chi connectivity index (χ1) is 11.2. The second-order valence-electron chi connectivity index (χ2n) is 6.20. The molecule has 2 aliphatic heterocycles. The second-order valence-corrected chi connectivity index (χ2v) is 7.78. The molecule has 1 unspecified atom stereocenters. The van der Waals surface area contributed by atoms with Crippen LogP contribution in [0.4, 0.5) is 5.95 Å². The summed E-state index contributed by atoms with van der Waals surface area (Å²) in [6.45, 7) is 6.55. The highest BCUT2D eigenvalue weighted by Crippen LogP contribution is 2.40. The molecule has 0 amide bonds. The molecule has 4 rings (SSSR count). The lowest BCUT2D eigenvalue weighted by Gasteiger charge is -2.24. The smallest absolute Gasteiger partial charge is 0.203 e. The number of nitrogens with zero attached hydrogens (tertiary/aromatic N) is 2. The fourth-order valence-electron chi connectivity index (χ4n) is 3.48. The van der Waals surface area contributed by atoms with Crippen molar-refractivity contribution in [2.75, 3.05) is 31.6 Å². The Morgan fingerprint density at radius 3 is 2.84 bits per heavy atom. The average molecular weight is 517 g/mol. The van der Waals surface area contributed by atoms with E-state index in [2.05, 4.69) is 54.0 Å². The molecule has 9 heteroatoms. The first-order valence-electron chi connectivity index (χ1n) is 8.09. The summed E-state index contributed by atoms with van der Waals surface area (Å²) >= 11 is 7.46. The molecular weight excluding hydrogens is 495 g/mol. The van der Waals surface area contributed by atoms with Gasteiger partial charge in [-0.1, -0.05) is 0 Å². The number of hydrogen-bond donors (Lipinski definition) is 2. The highest BCUT2D eigenvalue weighted by molar-refractivity contribution is 9.13. The van der Waals surface area contributed by atoms with E-state index in [1.807, 2.05) is 0 Å². The zero-order valence-electron chi connectivity index (χ0n) is 13.9. The topological polar surface area (TPSA) is 51.1 Å². The van der Waals surface area contributed by atoms with Gasteiger partial charge in [0.05, 0.1) is 23.7 Å².